The van der Waals surface area contributed by atoms with Crippen LogP contribution in [-0.2, 0) is 23.8 Å². The Balaban J connectivity index is 5.47. The van der Waals surface area contributed by atoms with E-state index < -0.39 is 23.5 Å². The van der Waals surface area contributed by atoms with Crippen molar-refractivity contribution in [2.75, 3.05) is 21.3 Å². The van der Waals surface area contributed by atoms with Crippen LogP contribution in [0.3, 0.4) is 0 Å². The third kappa shape index (κ3) is 2.94. The van der Waals surface area contributed by atoms with Crippen LogP contribution in [-0.4, -0.2) is 38.9 Å². The van der Waals surface area contributed by atoms with Crippen LogP contribution in [0.1, 0.15) is 6.92 Å². The summed E-state index contributed by atoms with van der Waals surface area (Å²) in [5.41, 5.74) is -1.79. The molecule has 17 heavy (non-hydrogen) atoms. The summed E-state index contributed by atoms with van der Waals surface area (Å²) in [6.45, 7) is 5.16. The third-order valence-corrected chi connectivity index (χ3v) is 2.48. The maximum atomic E-state index is 11.8. The Morgan fingerprint density at radius 2 is 1.65 bits per heavy atom. The lowest BCUT2D eigenvalue weighted by Gasteiger charge is -2.30. The van der Waals surface area contributed by atoms with Gasteiger partial charge in [0, 0.05) is 13.0 Å². The largest absolute Gasteiger partial charge is 0.466 e. The molecule has 0 heterocycles. The number of hydrogen-bond acceptors (Lipinski definition) is 5. The Morgan fingerprint density at radius 3 is 1.94 bits per heavy atom. The minimum absolute atomic E-state index is 0.551. The molecule has 0 spiro atoms. The second kappa shape index (κ2) is 6.85. The van der Waals surface area contributed by atoms with Gasteiger partial charge < -0.3 is 14.2 Å². The summed E-state index contributed by atoms with van der Waals surface area (Å²) in [6.07, 6.45) is 4.76. The van der Waals surface area contributed by atoms with Crippen LogP contribution in [0.5, 0.6) is 0 Å². The molecule has 0 rings (SSSR count). The average Bonchev–Trinajstić information content (AvgIpc) is 2.36. The number of ether oxygens (including phenoxy) is 3. The van der Waals surface area contributed by atoms with Gasteiger partial charge in [0.15, 0.2) is 0 Å². The molecule has 0 aromatic rings. The zero-order valence-corrected chi connectivity index (χ0v) is 10.6. The van der Waals surface area contributed by atoms with Gasteiger partial charge in [-0.1, -0.05) is 31.7 Å². The van der Waals surface area contributed by atoms with Crippen LogP contribution in [0.4, 0.5) is 0 Å². The van der Waals surface area contributed by atoms with E-state index in [2.05, 4.69) is 16.1 Å². The molecule has 1 unspecified atom stereocenters. The van der Waals surface area contributed by atoms with Gasteiger partial charge in [-0.15, -0.1) is 0 Å². The minimum atomic E-state index is -1.79. The summed E-state index contributed by atoms with van der Waals surface area (Å²) in [5, 5.41) is 0. The standard InChI is InChI=1S/C12H18O5/c1-6-7-8-9(2)12(17-5,10(13)15-3)11(14)16-4/h6-9H,1H2,2-5H3/b8-7-. The summed E-state index contributed by atoms with van der Waals surface area (Å²) < 4.78 is 14.3. The van der Waals surface area contributed by atoms with Gasteiger partial charge in [-0.25, -0.2) is 9.59 Å². The van der Waals surface area contributed by atoms with Crippen molar-refractivity contribution in [2.45, 2.75) is 12.5 Å². The Labute approximate surface area is 101 Å². The zero-order chi connectivity index (χ0) is 13.5. The number of carbonyl (C=O) groups is 2. The Morgan fingerprint density at radius 1 is 1.18 bits per heavy atom. The molecule has 96 valence electrons. The van der Waals surface area contributed by atoms with Crippen LogP contribution in [0.2, 0.25) is 0 Å². The van der Waals surface area contributed by atoms with Crippen molar-refractivity contribution >= 4 is 11.9 Å². The molecule has 0 fully saturated rings. The number of allylic oxidation sites excluding steroid dienone is 2. The molecule has 0 radical (unpaired) electrons. The second-order valence-electron chi connectivity index (χ2n) is 3.33. The fourth-order valence-electron chi connectivity index (χ4n) is 1.49. The summed E-state index contributed by atoms with van der Waals surface area (Å²) in [4.78, 5) is 23.5. The summed E-state index contributed by atoms with van der Waals surface area (Å²) in [6, 6.07) is 0. The first-order chi connectivity index (χ1) is 8.00. The molecular weight excluding hydrogens is 224 g/mol. The Bertz CT molecular complexity index is 303. The predicted octanol–water partition coefficient (Wildman–Crippen LogP) is 1.10. The highest BCUT2D eigenvalue weighted by molar-refractivity contribution is 6.04. The molecule has 0 aliphatic rings. The maximum absolute atomic E-state index is 11.8. The van der Waals surface area contributed by atoms with Crippen LogP contribution < -0.4 is 0 Å². The van der Waals surface area contributed by atoms with Gasteiger partial charge in [0.25, 0.3) is 5.60 Å². The van der Waals surface area contributed by atoms with E-state index in [0.717, 1.165) is 0 Å². The smallest absolute Gasteiger partial charge is 0.350 e. The van der Waals surface area contributed by atoms with Gasteiger partial charge >= 0.3 is 11.9 Å². The quantitative estimate of drug-likeness (QED) is 0.396. The molecule has 0 amide bonds. The average molecular weight is 242 g/mol. The van der Waals surface area contributed by atoms with E-state index >= 15 is 0 Å². The first-order valence-corrected chi connectivity index (χ1v) is 5.02. The van der Waals surface area contributed by atoms with Crippen molar-refractivity contribution in [1.82, 2.24) is 0 Å². The molecule has 0 saturated heterocycles. The SMILES string of the molecule is C=C/C=C\C(C)C(OC)(C(=O)OC)C(=O)OC. The molecule has 1 atom stereocenters. The number of rotatable bonds is 6. The number of methoxy groups -OCH3 is 3. The molecule has 0 aromatic carbocycles. The lowest BCUT2D eigenvalue weighted by atomic mass is 9.88. The normalized spacial score (nSPS) is 13.2. The van der Waals surface area contributed by atoms with Crippen LogP contribution in [0, 0.1) is 5.92 Å². The van der Waals surface area contributed by atoms with E-state index in [1.165, 1.54) is 27.4 Å². The molecule has 0 aliphatic heterocycles. The fourth-order valence-corrected chi connectivity index (χ4v) is 1.49. The van der Waals surface area contributed by atoms with Crippen LogP contribution >= 0.6 is 0 Å². The summed E-state index contributed by atoms with van der Waals surface area (Å²) >= 11 is 0. The lowest BCUT2D eigenvalue weighted by molar-refractivity contribution is -0.188. The topological polar surface area (TPSA) is 61.8 Å². The molecule has 0 bridgehead atoms. The number of hydrogen-bond donors (Lipinski definition) is 0. The summed E-state index contributed by atoms with van der Waals surface area (Å²) in [7, 11) is 3.62. The first-order valence-electron chi connectivity index (χ1n) is 5.02. The van der Waals surface area contributed by atoms with Gasteiger partial charge in [0.1, 0.15) is 0 Å². The number of esters is 2. The second-order valence-corrected chi connectivity index (χ2v) is 3.33. The maximum Gasteiger partial charge on any atom is 0.350 e. The van der Waals surface area contributed by atoms with Crippen LogP contribution in [0.25, 0.3) is 0 Å². The van der Waals surface area contributed by atoms with Crippen molar-refractivity contribution in [3.05, 3.63) is 24.8 Å². The predicted molar refractivity (Wildman–Crippen MR) is 62.3 cm³/mol. The van der Waals surface area contributed by atoms with Crippen molar-refractivity contribution in [3.63, 3.8) is 0 Å². The first kappa shape index (κ1) is 15.4. The van der Waals surface area contributed by atoms with E-state index in [1.807, 2.05) is 0 Å². The highest BCUT2D eigenvalue weighted by atomic mass is 16.6. The van der Waals surface area contributed by atoms with Gasteiger partial charge in [0.2, 0.25) is 0 Å². The molecule has 0 saturated carbocycles. The van der Waals surface area contributed by atoms with Crippen molar-refractivity contribution in [3.8, 4) is 0 Å². The lowest BCUT2D eigenvalue weighted by Crippen LogP contribution is -2.54. The van der Waals surface area contributed by atoms with Gasteiger partial charge in [-0.2, -0.15) is 0 Å². The molecule has 0 aliphatic carbocycles. The van der Waals surface area contributed by atoms with Crippen LogP contribution in [0.15, 0.2) is 24.8 Å². The molecule has 0 N–H and O–H groups in total. The van der Waals surface area contributed by atoms with Gasteiger partial charge in [0.05, 0.1) is 14.2 Å². The highest BCUT2D eigenvalue weighted by Crippen LogP contribution is 2.26. The molecule has 5 heteroatoms. The van der Waals surface area contributed by atoms with Crippen molar-refractivity contribution in [1.29, 1.82) is 0 Å². The summed E-state index contributed by atoms with van der Waals surface area (Å²) in [5.74, 6) is -2.15. The van der Waals surface area contributed by atoms with Crippen molar-refractivity contribution in [2.24, 2.45) is 5.92 Å². The van der Waals surface area contributed by atoms with Gasteiger partial charge in [-0.3, -0.25) is 0 Å². The van der Waals surface area contributed by atoms with E-state index in [-0.39, 0.29) is 0 Å². The fraction of sp³-hybridized carbons (Fsp3) is 0.500. The highest BCUT2D eigenvalue weighted by Gasteiger charge is 2.52. The third-order valence-electron chi connectivity index (χ3n) is 2.48. The Kier molecular flexibility index (Phi) is 6.20. The zero-order valence-electron chi connectivity index (χ0n) is 10.6. The molecule has 0 aromatic heterocycles. The van der Waals surface area contributed by atoms with Gasteiger partial charge in [-0.05, 0) is 0 Å². The Hall–Kier alpha value is -1.62. The van der Waals surface area contributed by atoms with E-state index in [4.69, 9.17) is 4.74 Å². The number of carbonyl (C=O) groups excluding carboxylic acids is 2. The minimum Gasteiger partial charge on any atom is -0.466 e. The van der Waals surface area contributed by atoms with Crippen molar-refractivity contribution < 1.29 is 23.8 Å². The molecule has 5 nitrogen and oxygen atoms in total. The molecular formula is C12H18O5. The monoisotopic (exact) mass is 242 g/mol. The van der Waals surface area contributed by atoms with E-state index in [9.17, 15) is 9.59 Å². The van der Waals surface area contributed by atoms with E-state index in [1.54, 1.807) is 19.1 Å². The van der Waals surface area contributed by atoms with E-state index in [0.29, 0.717) is 0 Å².